The summed E-state index contributed by atoms with van der Waals surface area (Å²) in [6, 6.07) is 8.32. The number of halogens is 5. The van der Waals surface area contributed by atoms with E-state index in [1.807, 2.05) is 0 Å². The van der Waals surface area contributed by atoms with Crippen molar-refractivity contribution < 1.29 is 32.3 Å². The highest BCUT2D eigenvalue weighted by atomic mass is 35.5. The van der Waals surface area contributed by atoms with Crippen molar-refractivity contribution in [1.82, 2.24) is 10.6 Å². The molecule has 1 saturated carbocycles. The van der Waals surface area contributed by atoms with E-state index in [2.05, 4.69) is 10.6 Å². The van der Waals surface area contributed by atoms with Crippen molar-refractivity contribution in [1.29, 1.82) is 0 Å². The molecule has 0 spiro atoms. The third-order valence-electron chi connectivity index (χ3n) is 6.45. The first-order chi connectivity index (χ1) is 16.5. The molecule has 3 atom stereocenters. The van der Waals surface area contributed by atoms with Gasteiger partial charge in [-0.2, -0.15) is 13.2 Å². The van der Waals surface area contributed by atoms with E-state index in [0.29, 0.717) is 18.4 Å². The van der Waals surface area contributed by atoms with E-state index in [1.165, 1.54) is 12.1 Å². The van der Waals surface area contributed by atoms with Gasteiger partial charge in [-0.3, -0.25) is 14.4 Å². The topological polar surface area (TPSA) is 84.5 Å². The van der Waals surface area contributed by atoms with Crippen LogP contribution < -0.4 is 10.6 Å². The van der Waals surface area contributed by atoms with Crippen molar-refractivity contribution in [3.05, 3.63) is 69.2 Å². The second kappa shape index (κ2) is 9.79. The maximum atomic E-state index is 13.4. The van der Waals surface area contributed by atoms with Crippen LogP contribution in [0, 0.1) is 0 Å². The Labute approximate surface area is 209 Å². The monoisotopic (exact) mass is 528 g/mol. The molecule has 186 valence electrons. The maximum absolute atomic E-state index is 13.4. The number of fused-ring (bicyclic) bond motifs is 1. The second-order valence-electron chi connectivity index (χ2n) is 8.59. The minimum Gasteiger partial charge on any atom is -0.367 e. The third-order valence-corrected chi connectivity index (χ3v) is 7.19. The van der Waals surface area contributed by atoms with Crippen LogP contribution in [0.15, 0.2) is 42.5 Å². The Balaban J connectivity index is 1.54. The molecule has 2 fully saturated rings. The molecule has 1 saturated heterocycles. The van der Waals surface area contributed by atoms with Crippen molar-refractivity contribution in [3.63, 3.8) is 0 Å². The third kappa shape index (κ3) is 5.17. The predicted molar refractivity (Wildman–Crippen MR) is 122 cm³/mol. The summed E-state index contributed by atoms with van der Waals surface area (Å²) < 4.78 is 44.0. The zero-order valence-corrected chi connectivity index (χ0v) is 19.8. The Kier molecular flexibility index (Phi) is 7.13. The minimum absolute atomic E-state index is 0.000109. The van der Waals surface area contributed by atoms with Gasteiger partial charge in [-0.15, -0.1) is 0 Å². The van der Waals surface area contributed by atoms with Crippen LogP contribution in [0.1, 0.15) is 46.7 Å². The van der Waals surface area contributed by atoms with Crippen molar-refractivity contribution in [2.45, 2.75) is 43.0 Å². The summed E-state index contributed by atoms with van der Waals surface area (Å²) in [4.78, 5) is 38.6. The average Bonchev–Trinajstić information content (AvgIpc) is 3.35. The van der Waals surface area contributed by atoms with Gasteiger partial charge in [0.05, 0.1) is 27.6 Å². The number of nitrogens with one attached hydrogen (secondary N) is 2. The summed E-state index contributed by atoms with van der Waals surface area (Å²) in [6.45, 7) is -0.271. The molecule has 0 aromatic heterocycles. The Morgan fingerprint density at radius 2 is 1.83 bits per heavy atom. The molecule has 11 heteroatoms. The maximum Gasteiger partial charge on any atom is 0.416 e. The van der Waals surface area contributed by atoms with Crippen LogP contribution >= 0.6 is 23.2 Å². The van der Waals surface area contributed by atoms with Crippen LogP contribution in [0.5, 0.6) is 0 Å². The molecule has 2 aromatic carbocycles. The van der Waals surface area contributed by atoms with Gasteiger partial charge in [-0.25, -0.2) is 0 Å². The summed E-state index contributed by atoms with van der Waals surface area (Å²) in [7, 11) is 0. The molecule has 0 radical (unpaired) electrons. The normalized spacial score (nSPS) is 22.5. The van der Waals surface area contributed by atoms with Gasteiger partial charge in [-0.05, 0) is 61.2 Å². The van der Waals surface area contributed by atoms with Gasteiger partial charge < -0.3 is 15.4 Å². The standard InChI is InChI=1S/C24H21Cl2F3N2O4/c25-17-8-5-14(10-18(17)26)16(22(34)31-23-9-1-2-20(23)35-12-19(23)32)11-30-21(33)13-3-6-15(7-4-13)24(27,28)29/h3-8,10,16,20H,1-2,9,11-12H2,(H,30,33)(H,31,34). The summed E-state index contributed by atoms with van der Waals surface area (Å²) in [5, 5.41) is 5.93. The van der Waals surface area contributed by atoms with Crippen molar-refractivity contribution >= 4 is 40.8 Å². The summed E-state index contributed by atoms with van der Waals surface area (Å²) in [6.07, 6.45) is -3.11. The Bertz CT molecular complexity index is 1160. The molecule has 3 unspecified atom stereocenters. The minimum atomic E-state index is -4.52. The smallest absolute Gasteiger partial charge is 0.367 e. The molecule has 1 heterocycles. The van der Waals surface area contributed by atoms with Crippen LogP contribution in [-0.2, 0) is 20.5 Å². The molecular weight excluding hydrogens is 508 g/mol. The number of ketones is 1. The number of ether oxygens (including phenoxy) is 1. The van der Waals surface area contributed by atoms with Crippen LogP contribution in [-0.4, -0.2) is 42.4 Å². The first-order valence-corrected chi connectivity index (χ1v) is 11.6. The zero-order valence-electron chi connectivity index (χ0n) is 18.3. The number of rotatable bonds is 6. The van der Waals surface area contributed by atoms with Crippen LogP contribution in [0.4, 0.5) is 13.2 Å². The number of hydrogen-bond acceptors (Lipinski definition) is 4. The molecule has 4 rings (SSSR count). The molecule has 2 amide bonds. The number of benzene rings is 2. The second-order valence-corrected chi connectivity index (χ2v) is 9.40. The predicted octanol–water partition coefficient (Wildman–Crippen LogP) is 4.53. The SMILES string of the molecule is O=C(NCC(C(=O)NC12CCCC1OCC2=O)c1ccc(Cl)c(Cl)c1)c1ccc(C(F)(F)F)cc1. The highest BCUT2D eigenvalue weighted by Crippen LogP contribution is 2.38. The zero-order chi connectivity index (χ0) is 25.4. The molecule has 35 heavy (non-hydrogen) atoms. The van der Waals surface area contributed by atoms with E-state index in [0.717, 1.165) is 30.7 Å². The molecule has 1 aliphatic carbocycles. The van der Waals surface area contributed by atoms with E-state index < -0.39 is 41.1 Å². The van der Waals surface area contributed by atoms with Gasteiger partial charge in [-0.1, -0.05) is 29.3 Å². The fourth-order valence-electron chi connectivity index (χ4n) is 4.54. The summed E-state index contributed by atoms with van der Waals surface area (Å²) in [5.74, 6) is -2.32. The number of carbonyl (C=O) groups excluding carboxylic acids is 3. The lowest BCUT2D eigenvalue weighted by Gasteiger charge is -2.30. The lowest BCUT2D eigenvalue weighted by molar-refractivity contribution is -0.137. The van der Waals surface area contributed by atoms with Gasteiger partial charge in [0, 0.05) is 12.1 Å². The number of hydrogen-bond donors (Lipinski definition) is 2. The van der Waals surface area contributed by atoms with E-state index in [1.54, 1.807) is 6.07 Å². The summed E-state index contributed by atoms with van der Waals surface area (Å²) in [5.41, 5.74) is -1.54. The lowest BCUT2D eigenvalue weighted by atomic mass is 9.90. The van der Waals surface area contributed by atoms with Crippen LogP contribution in [0.2, 0.25) is 10.0 Å². The highest BCUT2D eigenvalue weighted by molar-refractivity contribution is 6.42. The first-order valence-electron chi connectivity index (χ1n) is 10.9. The Hall–Kier alpha value is -2.62. The Morgan fingerprint density at radius 3 is 2.49 bits per heavy atom. The van der Waals surface area contributed by atoms with Crippen molar-refractivity contribution in [2.24, 2.45) is 0 Å². The van der Waals surface area contributed by atoms with E-state index in [9.17, 15) is 27.6 Å². The van der Waals surface area contributed by atoms with Gasteiger partial charge in [0.25, 0.3) is 5.91 Å². The molecule has 1 aliphatic heterocycles. The summed E-state index contributed by atoms with van der Waals surface area (Å²) >= 11 is 12.1. The van der Waals surface area contributed by atoms with E-state index in [-0.39, 0.29) is 34.5 Å². The quantitative estimate of drug-likeness (QED) is 0.576. The first kappa shape index (κ1) is 25.5. The van der Waals surface area contributed by atoms with Gasteiger partial charge in [0.2, 0.25) is 5.91 Å². The van der Waals surface area contributed by atoms with Crippen LogP contribution in [0.3, 0.4) is 0 Å². The molecular formula is C24H21Cl2F3N2O4. The fourth-order valence-corrected chi connectivity index (χ4v) is 4.85. The number of carbonyl (C=O) groups is 3. The fraction of sp³-hybridized carbons (Fsp3) is 0.375. The molecule has 2 N–H and O–H groups in total. The largest absolute Gasteiger partial charge is 0.416 e. The molecule has 0 bridgehead atoms. The van der Waals surface area contributed by atoms with Crippen molar-refractivity contribution in [3.8, 4) is 0 Å². The Morgan fingerprint density at radius 1 is 1.11 bits per heavy atom. The van der Waals surface area contributed by atoms with Crippen LogP contribution in [0.25, 0.3) is 0 Å². The van der Waals surface area contributed by atoms with Crippen molar-refractivity contribution in [2.75, 3.05) is 13.2 Å². The van der Waals surface area contributed by atoms with E-state index in [4.69, 9.17) is 27.9 Å². The van der Waals surface area contributed by atoms with E-state index >= 15 is 0 Å². The highest BCUT2D eigenvalue weighted by Gasteiger charge is 2.55. The average molecular weight is 529 g/mol. The van der Waals surface area contributed by atoms with Gasteiger partial charge >= 0.3 is 6.18 Å². The molecule has 2 aromatic rings. The molecule has 2 aliphatic rings. The number of alkyl halides is 3. The number of amides is 2. The van der Waals surface area contributed by atoms with Gasteiger partial charge in [0.15, 0.2) is 5.78 Å². The number of Topliss-reactive ketones (excluding diaryl/α,β-unsaturated/α-hetero) is 1. The lowest BCUT2D eigenvalue weighted by Crippen LogP contribution is -2.57. The molecule has 6 nitrogen and oxygen atoms in total. The van der Waals surface area contributed by atoms with Gasteiger partial charge in [0.1, 0.15) is 12.1 Å².